The Morgan fingerprint density at radius 2 is 2.39 bits per heavy atom. The molecule has 0 aliphatic rings. The highest BCUT2D eigenvalue weighted by molar-refractivity contribution is 5.99. The van der Waals surface area contributed by atoms with E-state index in [4.69, 9.17) is 5.73 Å². The van der Waals surface area contributed by atoms with Crippen LogP contribution in [0.1, 0.15) is 22.5 Å². The Hall–Kier alpha value is -2.15. The summed E-state index contributed by atoms with van der Waals surface area (Å²) in [5, 5.41) is 5.43. The minimum absolute atomic E-state index is 0.237. The lowest BCUT2D eigenvalue weighted by Crippen LogP contribution is -2.26. The van der Waals surface area contributed by atoms with E-state index in [1.165, 1.54) is 16.8 Å². The zero-order valence-electron chi connectivity index (χ0n) is 10.1. The quantitative estimate of drug-likeness (QED) is 0.630. The van der Waals surface area contributed by atoms with Crippen molar-refractivity contribution in [2.45, 2.75) is 13.3 Å². The molecule has 0 aromatic carbocycles. The van der Waals surface area contributed by atoms with E-state index in [9.17, 15) is 9.59 Å². The van der Waals surface area contributed by atoms with E-state index in [1.807, 2.05) is 0 Å². The summed E-state index contributed by atoms with van der Waals surface area (Å²) in [4.78, 5) is 27.7. The van der Waals surface area contributed by atoms with Crippen LogP contribution in [-0.4, -0.2) is 33.6 Å². The molecule has 4 N–H and O–H groups in total. The molecule has 2 heterocycles. The summed E-state index contributed by atoms with van der Waals surface area (Å²) in [7, 11) is 0. The predicted octanol–water partition coefficient (Wildman–Crippen LogP) is -0.590. The molecule has 0 bridgehead atoms. The number of hydrogen-bond acceptors (Lipinski definition) is 4. The fourth-order valence-electron chi connectivity index (χ4n) is 1.66. The minimum atomic E-state index is -0.264. The maximum Gasteiger partial charge on any atom is 0.272 e. The molecule has 7 heteroatoms. The number of H-pyrrole nitrogens is 1. The Labute approximate surface area is 103 Å². The number of fused-ring (bicyclic) bond motifs is 1. The molecule has 2 aromatic heterocycles. The molecule has 0 saturated carbocycles. The highest BCUT2D eigenvalue weighted by Crippen LogP contribution is 2.06. The van der Waals surface area contributed by atoms with E-state index in [-0.39, 0.29) is 11.5 Å². The third kappa shape index (κ3) is 2.25. The monoisotopic (exact) mass is 249 g/mol. The van der Waals surface area contributed by atoms with Crippen molar-refractivity contribution in [2.24, 2.45) is 5.73 Å². The number of aromatic nitrogens is 3. The van der Waals surface area contributed by atoms with Crippen LogP contribution in [-0.2, 0) is 0 Å². The van der Waals surface area contributed by atoms with Crippen LogP contribution in [0.5, 0.6) is 0 Å². The SMILES string of the molecule is Cc1cc(=O)n2[nH]cc(C(=O)NCCCN)c2n1. The standard InChI is InChI=1S/C11H15N5O2/c1-7-5-9(17)16-10(15-7)8(6-14-16)11(18)13-4-2-3-12/h5-6,14H,2-4,12H2,1H3,(H,13,18). The molecule has 0 spiro atoms. The summed E-state index contributed by atoms with van der Waals surface area (Å²) in [6.07, 6.45) is 2.18. The van der Waals surface area contributed by atoms with Crippen LogP contribution in [0.25, 0.3) is 5.65 Å². The van der Waals surface area contributed by atoms with Crippen LogP contribution >= 0.6 is 0 Å². The van der Waals surface area contributed by atoms with Gasteiger partial charge in [0, 0.05) is 24.5 Å². The highest BCUT2D eigenvalue weighted by Gasteiger charge is 2.14. The normalized spacial score (nSPS) is 10.8. The Morgan fingerprint density at radius 1 is 1.61 bits per heavy atom. The lowest BCUT2D eigenvalue weighted by molar-refractivity contribution is 0.0955. The van der Waals surface area contributed by atoms with Gasteiger partial charge < -0.3 is 11.1 Å². The largest absolute Gasteiger partial charge is 0.352 e. The molecule has 96 valence electrons. The van der Waals surface area contributed by atoms with Crippen molar-refractivity contribution in [1.82, 2.24) is 19.9 Å². The maximum atomic E-state index is 11.9. The summed E-state index contributed by atoms with van der Waals surface area (Å²) in [6, 6.07) is 1.40. The van der Waals surface area contributed by atoms with Gasteiger partial charge in [0.25, 0.3) is 11.5 Å². The average Bonchev–Trinajstić information content (AvgIpc) is 2.73. The molecule has 0 saturated heterocycles. The Kier molecular flexibility index (Phi) is 3.42. The van der Waals surface area contributed by atoms with Gasteiger partial charge in [-0.25, -0.2) is 9.50 Å². The number of aromatic amines is 1. The molecular formula is C11H15N5O2. The van der Waals surface area contributed by atoms with Gasteiger partial charge in [0.05, 0.1) is 0 Å². The molecule has 0 aliphatic carbocycles. The second-order valence-electron chi connectivity index (χ2n) is 3.98. The van der Waals surface area contributed by atoms with Crippen molar-refractivity contribution in [1.29, 1.82) is 0 Å². The number of nitrogens with two attached hydrogens (primary N) is 1. The zero-order chi connectivity index (χ0) is 13.1. The summed E-state index contributed by atoms with van der Waals surface area (Å²) >= 11 is 0. The first-order chi connectivity index (χ1) is 8.63. The van der Waals surface area contributed by atoms with Gasteiger partial charge in [-0.3, -0.25) is 14.7 Å². The molecule has 0 aliphatic heterocycles. The van der Waals surface area contributed by atoms with Crippen molar-refractivity contribution in [3.8, 4) is 0 Å². The molecule has 18 heavy (non-hydrogen) atoms. The van der Waals surface area contributed by atoms with Gasteiger partial charge >= 0.3 is 0 Å². The second-order valence-corrected chi connectivity index (χ2v) is 3.98. The topological polar surface area (TPSA) is 105 Å². The van der Waals surface area contributed by atoms with Crippen LogP contribution in [0.2, 0.25) is 0 Å². The van der Waals surface area contributed by atoms with Crippen LogP contribution in [0.15, 0.2) is 17.1 Å². The van der Waals surface area contributed by atoms with Gasteiger partial charge in [0.15, 0.2) is 5.65 Å². The van der Waals surface area contributed by atoms with E-state index >= 15 is 0 Å². The summed E-state index contributed by atoms with van der Waals surface area (Å²) < 4.78 is 1.24. The number of nitrogens with one attached hydrogen (secondary N) is 2. The molecule has 0 unspecified atom stereocenters. The Morgan fingerprint density at radius 3 is 3.11 bits per heavy atom. The first kappa shape index (κ1) is 12.3. The van der Waals surface area contributed by atoms with E-state index < -0.39 is 0 Å². The molecule has 0 atom stereocenters. The minimum Gasteiger partial charge on any atom is -0.352 e. The zero-order valence-corrected chi connectivity index (χ0v) is 10.1. The van der Waals surface area contributed by atoms with Crippen LogP contribution in [0, 0.1) is 6.92 Å². The fourth-order valence-corrected chi connectivity index (χ4v) is 1.66. The molecule has 7 nitrogen and oxygen atoms in total. The molecule has 2 aromatic rings. The van der Waals surface area contributed by atoms with Gasteiger partial charge in [-0.05, 0) is 19.9 Å². The highest BCUT2D eigenvalue weighted by atomic mass is 16.2. The van der Waals surface area contributed by atoms with Crippen LogP contribution in [0.3, 0.4) is 0 Å². The van der Waals surface area contributed by atoms with Crippen molar-refractivity contribution in [3.05, 3.63) is 33.9 Å². The van der Waals surface area contributed by atoms with Crippen molar-refractivity contribution in [2.75, 3.05) is 13.1 Å². The first-order valence-electron chi connectivity index (χ1n) is 5.69. The average molecular weight is 249 g/mol. The lowest BCUT2D eigenvalue weighted by atomic mass is 10.3. The molecule has 0 fully saturated rings. The van der Waals surface area contributed by atoms with Gasteiger partial charge in [-0.2, -0.15) is 0 Å². The molecule has 2 rings (SSSR count). The van der Waals surface area contributed by atoms with Gasteiger partial charge in [0.1, 0.15) is 5.56 Å². The Bertz CT molecular complexity index is 628. The maximum absolute atomic E-state index is 11.9. The predicted molar refractivity (Wildman–Crippen MR) is 66.6 cm³/mol. The lowest BCUT2D eigenvalue weighted by Gasteiger charge is -2.02. The molecular weight excluding hydrogens is 234 g/mol. The number of carbonyl (C=O) groups excluding carboxylic acids is 1. The Balaban J connectivity index is 2.34. The number of carbonyl (C=O) groups is 1. The molecule has 0 radical (unpaired) electrons. The smallest absolute Gasteiger partial charge is 0.272 e. The first-order valence-corrected chi connectivity index (χ1v) is 5.69. The van der Waals surface area contributed by atoms with Crippen molar-refractivity contribution < 1.29 is 4.79 Å². The number of rotatable bonds is 4. The number of nitrogens with zero attached hydrogens (tertiary/aromatic N) is 2. The van der Waals surface area contributed by atoms with Crippen LogP contribution in [0.4, 0.5) is 0 Å². The van der Waals surface area contributed by atoms with Crippen LogP contribution < -0.4 is 16.6 Å². The van der Waals surface area contributed by atoms with Crippen molar-refractivity contribution >= 4 is 11.6 Å². The van der Waals surface area contributed by atoms with E-state index in [1.54, 1.807) is 6.92 Å². The van der Waals surface area contributed by atoms with Crippen molar-refractivity contribution in [3.63, 3.8) is 0 Å². The summed E-state index contributed by atoms with van der Waals surface area (Å²) in [5.74, 6) is -0.264. The van der Waals surface area contributed by atoms with Gasteiger partial charge in [0.2, 0.25) is 0 Å². The fraction of sp³-hybridized carbons (Fsp3) is 0.364. The number of amides is 1. The summed E-state index contributed by atoms with van der Waals surface area (Å²) in [6.45, 7) is 2.73. The van der Waals surface area contributed by atoms with E-state index in [0.29, 0.717) is 36.4 Å². The van der Waals surface area contributed by atoms with Gasteiger partial charge in [-0.1, -0.05) is 0 Å². The van der Waals surface area contributed by atoms with Gasteiger partial charge in [-0.15, -0.1) is 0 Å². The summed E-state index contributed by atoms with van der Waals surface area (Å²) in [5.41, 5.74) is 6.38. The number of hydrogen-bond donors (Lipinski definition) is 3. The van der Waals surface area contributed by atoms with E-state index in [0.717, 1.165) is 0 Å². The second kappa shape index (κ2) is 5.01. The third-order valence-corrected chi connectivity index (χ3v) is 2.54. The molecule has 1 amide bonds. The number of aryl methyl sites for hydroxylation is 1. The third-order valence-electron chi connectivity index (χ3n) is 2.54. The van der Waals surface area contributed by atoms with E-state index in [2.05, 4.69) is 15.4 Å².